The molecule has 0 saturated heterocycles. The first-order chi connectivity index (χ1) is 15.2. The minimum absolute atomic E-state index is 0.248. The van der Waals surface area contributed by atoms with Crippen molar-refractivity contribution in [3.8, 4) is 0 Å². The van der Waals surface area contributed by atoms with Gasteiger partial charge in [0, 0.05) is 6.42 Å². The van der Waals surface area contributed by atoms with Gasteiger partial charge in [-0.3, -0.25) is 24.0 Å². The molecule has 13 heteroatoms. The Morgan fingerprint density at radius 1 is 0.848 bits per heavy atom. The second kappa shape index (κ2) is 14.0. The predicted molar refractivity (Wildman–Crippen MR) is 116 cm³/mol. The highest BCUT2D eigenvalue weighted by molar-refractivity contribution is 5.95. The van der Waals surface area contributed by atoms with Crippen LogP contribution in [0.4, 0.5) is 0 Å². The molecule has 0 bridgehead atoms. The van der Waals surface area contributed by atoms with Crippen LogP contribution in [0.1, 0.15) is 53.4 Å². The van der Waals surface area contributed by atoms with Crippen LogP contribution in [0.3, 0.4) is 0 Å². The van der Waals surface area contributed by atoms with Crippen LogP contribution >= 0.6 is 0 Å². The molecule has 9 N–H and O–H groups in total. The summed E-state index contributed by atoms with van der Waals surface area (Å²) in [7, 11) is 0. The van der Waals surface area contributed by atoms with E-state index < -0.39 is 72.1 Å². The molecule has 0 fully saturated rings. The Labute approximate surface area is 192 Å². The Balaban J connectivity index is 5.59. The van der Waals surface area contributed by atoms with Crippen molar-refractivity contribution < 1.29 is 39.0 Å². The van der Waals surface area contributed by atoms with Crippen LogP contribution < -0.4 is 27.4 Å². The number of rotatable bonds is 15. The van der Waals surface area contributed by atoms with Crippen molar-refractivity contribution in [2.24, 2.45) is 23.3 Å². The summed E-state index contributed by atoms with van der Waals surface area (Å²) in [5, 5.41) is 25.4. The summed E-state index contributed by atoms with van der Waals surface area (Å²) >= 11 is 0. The van der Waals surface area contributed by atoms with Crippen LogP contribution in [0, 0.1) is 11.8 Å². The van der Waals surface area contributed by atoms with Crippen LogP contribution in [-0.2, 0) is 28.8 Å². The minimum Gasteiger partial charge on any atom is -0.481 e. The topological polar surface area (TPSA) is 231 Å². The lowest BCUT2D eigenvalue weighted by atomic mass is 9.97. The van der Waals surface area contributed by atoms with Gasteiger partial charge in [-0.15, -0.1) is 0 Å². The second-order valence-corrected chi connectivity index (χ2v) is 8.21. The molecule has 0 aliphatic carbocycles. The summed E-state index contributed by atoms with van der Waals surface area (Å²) in [5.74, 6) is -6.75. The molecule has 0 saturated carbocycles. The van der Waals surface area contributed by atoms with Crippen molar-refractivity contribution in [2.75, 3.05) is 0 Å². The number of carbonyl (C=O) groups excluding carboxylic acids is 4. The summed E-state index contributed by atoms with van der Waals surface area (Å²) in [6, 6.07) is -5.15. The van der Waals surface area contributed by atoms with E-state index in [4.69, 9.17) is 16.6 Å². The van der Waals surface area contributed by atoms with E-state index in [1.807, 2.05) is 0 Å². The standard InChI is InChI=1S/C20H35N5O8/c1-5-10(4)16(19(31)23-11(20(32)33)6-7-13(21)26)25-17(29)12(8-14(27)28)24-18(30)15(22)9(2)3/h9-12,15-16H,5-8,22H2,1-4H3,(H2,21,26)(H,23,31)(H,24,30)(H,25,29)(H,27,28)(H,32,33). The summed E-state index contributed by atoms with van der Waals surface area (Å²) in [6.45, 7) is 6.72. The van der Waals surface area contributed by atoms with Crippen molar-refractivity contribution in [3.05, 3.63) is 0 Å². The molecule has 33 heavy (non-hydrogen) atoms. The van der Waals surface area contributed by atoms with E-state index in [0.717, 1.165) is 0 Å². The molecule has 5 atom stereocenters. The summed E-state index contributed by atoms with van der Waals surface area (Å²) < 4.78 is 0. The van der Waals surface area contributed by atoms with Gasteiger partial charge in [-0.05, 0) is 18.3 Å². The number of primary amides is 1. The van der Waals surface area contributed by atoms with Gasteiger partial charge in [-0.25, -0.2) is 4.79 Å². The van der Waals surface area contributed by atoms with Crippen molar-refractivity contribution >= 4 is 35.6 Å². The Kier molecular flexibility index (Phi) is 12.7. The third-order valence-corrected chi connectivity index (χ3v) is 5.12. The van der Waals surface area contributed by atoms with E-state index in [1.165, 1.54) is 0 Å². The molecular weight excluding hydrogens is 438 g/mol. The molecule has 5 unspecified atom stereocenters. The number of carboxylic acids is 2. The molecular formula is C20H35N5O8. The summed E-state index contributed by atoms with van der Waals surface area (Å²) in [6.07, 6.45) is -0.873. The average Bonchev–Trinajstić information content (AvgIpc) is 2.71. The monoisotopic (exact) mass is 473 g/mol. The summed E-state index contributed by atoms with van der Waals surface area (Å²) in [4.78, 5) is 71.4. The molecule has 0 aromatic rings. The van der Waals surface area contributed by atoms with Crippen LogP contribution in [0.2, 0.25) is 0 Å². The number of carbonyl (C=O) groups is 6. The Morgan fingerprint density at radius 2 is 1.39 bits per heavy atom. The van der Waals surface area contributed by atoms with E-state index in [-0.39, 0.29) is 18.8 Å². The molecule has 0 aromatic carbocycles. The van der Waals surface area contributed by atoms with Gasteiger partial charge in [-0.1, -0.05) is 34.1 Å². The van der Waals surface area contributed by atoms with Crippen LogP contribution in [-0.4, -0.2) is 69.9 Å². The molecule has 0 spiro atoms. The molecule has 188 valence electrons. The molecule has 0 aliphatic heterocycles. The SMILES string of the molecule is CCC(C)C(NC(=O)C(CC(=O)O)NC(=O)C(N)C(C)C)C(=O)NC(CCC(N)=O)C(=O)O. The van der Waals surface area contributed by atoms with E-state index in [9.17, 15) is 33.9 Å². The zero-order valence-electron chi connectivity index (χ0n) is 19.3. The van der Waals surface area contributed by atoms with Crippen LogP contribution in [0.25, 0.3) is 0 Å². The quantitative estimate of drug-likeness (QED) is 0.143. The van der Waals surface area contributed by atoms with E-state index in [0.29, 0.717) is 6.42 Å². The van der Waals surface area contributed by atoms with Crippen LogP contribution in [0.5, 0.6) is 0 Å². The molecule has 0 radical (unpaired) electrons. The lowest BCUT2D eigenvalue weighted by molar-refractivity contribution is -0.144. The Bertz CT molecular complexity index is 742. The van der Waals surface area contributed by atoms with Gasteiger partial charge in [0.15, 0.2) is 0 Å². The number of nitrogens with two attached hydrogens (primary N) is 2. The highest BCUT2D eigenvalue weighted by atomic mass is 16.4. The van der Waals surface area contributed by atoms with E-state index >= 15 is 0 Å². The Morgan fingerprint density at radius 3 is 1.82 bits per heavy atom. The number of amides is 4. The number of nitrogens with one attached hydrogen (secondary N) is 3. The number of hydrogen-bond acceptors (Lipinski definition) is 7. The molecule has 0 aromatic heterocycles. The maximum absolute atomic E-state index is 12.8. The number of carboxylic acid groups (broad SMARTS) is 2. The van der Waals surface area contributed by atoms with E-state index in [2.05, 4.69) is 16.0 Å². The van der Waals surface area contributed by atoms with Crippen molar-refractivity contribution in [1.82, 2.24) is 16.0 Å². The molecule has 0 rings (SSSR count). The third-order valence-electron chi connectivity index (χ3n) is 5.12. The Hall–Kier alpha value is -3.22. The lowest BCUT2D eigenvalue weighted by Crippen LogP contribution is -2.59. The average molecular weight is 474 g/mol. The first-order valence-corrected chi connectivity index (χ1v) is 10.6. The molecule has 4 amide bonds. The fourth-order valence-electron chi connectivity index (χ4n) is 2.72. The number of hydrogen-bond donors (Lipinski definition) is 7. The smallest absolute Gasteiger partial charge is 0.326 e. The molecule has 0 heterocycles. The van der Waals surface area contributed by atoms with Crippen molar-refractivity contribution in [3.63, 3.8) is 0 Å². The predicted octanol–water partition coefficient (Wildman–Crippen LogP) is -1.70. The zero-order valence-corrected chi connectivity index (χ0v) is 19.3. The lowest BCUT2D eigenvalue weighted by Gasteiger charge is -2.28. The van der Waals surface area contributed by atoms with Gasteiger partial charge < -0.3 is 37.6 Å². The molecule has 0 aliphatic rings. The van der Waals surface area contributed by atoms with Gasteiger partial charge in [0.25, 0.3) is 0 Å². The van der Waals surface area contributed by atoms with Crippen molar-refractivity contribution in [2.45, 2.75) is 77.5 Å². The summed E-state index contributed by atoms with van der Waals surface area (Å²) in [5.41, 5.74) is 10.8. The van der Waals surface area contributed by atoms with E-state index in [1.54, 1.807) is 27.7 Å². The zero-order chi connectivity index (χ0) is 25.9. The maximum atomic E-state index is 12.8. The van der Waals surface area contributed by atoms with Gasteiger partial charge in [0.1, 0.15) is 18.1 Å². The first kappa shape index (κ1) is 29.8. The molecule has 13 nitrogen and oxygen atoms in total. The fraction of sp³-hybridized carbons (Fsp3) is 0.700. The van der Waals surface area contributed by atoms with Gasteiger partial charge in [-0.2, -0.15) is 0 Å². The van der Waals surface area contributed by atoms with Crippen LogP contribution in [0.15, 0.2) is 0 Å². The first-order valence-electron chi connectivity index (χ1n) is 10.6. The normalized spacial score (nSPS) is 15.5. The number of aliphatic carboxylic acids is 2. The largest absolute Gasteiger partial charge is 0.481 e. The fourth-order valence-corrected chi connectivity index (χ4v) is 2.72. The maximum Gasteiger partial charge on any atom is 0.326 e. The van der Waals surface area contributed by atoms with Gasteiger partial charge in [0.2, 0.25) is 23.6 Å². The van der Waals surface area contributed by atoms with Gasteiger partial charge in [0.05, 0.1) is 12.5 Å². The minimum atomic E-state index is -1.51. The highest BCUT2D eigenvalue weighted by Crippen LogP contribution is 2.11. The third kappa shape index (κ3) is 10.8. The van der Waals surface area contributed by atoms with Gasteiger partial charge >= 0.3 is 11.9 Å². The second-order valence-electron chi connectivity index (χ2n) is 8.21. The van der Waals surface area contributed by atoms with Crippen molar-refractivity contribution in [1.29, 1.82) is 0 Å². The highest BCUT2D eigenvalue weighted by Gasteiger charge is 2.33.